The lowest BCUT2D eigenvalue weighted by Crippen LogP contribution is -2.34. The summed E-state index contributed by atoms with van der Waals surface area (Å²) in [6.07, 6.45) is 14.1. The number of hydrogen-bond acceptors (Lipinski definition) is 9. The first-order valence-corrected chi connectivity index (χ1v) is 20.1. The molecule has 10 heteroatoms. The lowest BCUT2D eigenvalue weighted by molar-refractivity contribution is -0.120. The molecule has 3 unspecified atom stereocenters. The van der Waals surface area contributed by atoms with Crippen LogP contribution in [0.1, 0.15) is 130 Å². The van der Waals surface area contributed by atoms with E-state index in [0.717, 1.165) is 44.5 Å². The van der Waals surface area contributed by atoms with E-state index in [9.17, 15) is 4.79 Å². The number of benzene rings is 2. The molecule has 0 radical (unpaired) electrons. The summed E-state index contributed by atoms with van der Waals surface area (Å²) in [5, 5.41) is 29.6. The van der Waals surface area contributed by atoms with Crippen LogP contribution in [0.25, 0.3) is 0 Å². The van der Waals surface area contributed by atoms with E-state index in [1.54, 1.807) is 30.3 Å². The number of azo groups is 1. The van der Waals surface area contributed by atoms with Crippen LogP contribution in [0.3, 0.4) is 0 Å². The van der Waals surface area contributed by atoms with Gasteiger partial charge >= 0.3 is 0 Å². The third-order valence-electron chi connectivity index (χ3n) is 9.60. The number of nitriles is 2. The molecule has 52 heavy (non-hydrogen) atoms. The highest BCUT2D eigenvalue weighted by atomic mass is 32.1. The molecule has 1 aromatic heterocycles. The molecule has 0 aliphatic heterocycles. The number of thiophene rings is 1. The van der Waals surface area contributed by atoms with Crippen LogP contribution in [0, 0.1) is 40.4 Å². The molecule has 9 nitrogen and oxygen atoms in total. The fourth-order valence-electron chi connectivity index (χ4n) is 6.04. The summed E-state index contributed by atoms with van der Waals surface area (Å²) in [4.78, 5) is 15.6. The summed E-state index contributed by atoms with van der Waals surface area (Å²) < 4.78 is 0. The predicted molar refractivity (Wildman–Crippen MR) is 220 cm³/mol. The molecule has 1 amide bonds. The Kier molecular flexibility index (Phi) is 20.8. The molecule has 0 aliphatic carbocycles. The quantitative estimate of drug-likeness (QED) is 0.0732. The summed E-state index contributed by atoms with van der Waals surface area (Å²) >= 11 is 1.21. The fourth-order valence-corrected chi connectivity index (χ4v) is 6.73. The number of nitrogens with zero attached hydrogens (tertiary/aromatic N) is 5. The third-order valence-corrected chi connectivity index (χ3v) is 10.5. The summed E-state index contributed by atoms with van der Waals surface area (Å²) in [5.74, 6) is 1.54. The van der Waals surface area contributed by atoms with Gasteiger partial charge in [-0.1, -0.05) is 104 Å². The Morgan fingerprint density at radius 2 is 1.38 bits per heavy atom. The number of nitrogens with one attached hydrogen (secondary N) is 1. The van der Waals surface area contributed by atoms with Gasteiger partial charge in [0.15, 0.2) is 0 Å². The number of hydrogen-bond donors (Lipinski definition) is 3. The smallest absolute Gasteiger partial charge is 0.227 e. The lowest BCUT2D eigenvalue weighted by atomic mass is 9.95. The highest BCUT2D eigenvalue weighted by Gasteiger charge is 2.21. The van der Waals surface area contributed by atoms with Crippen molar-refractivity contribution >= 4 is 50.0 Å². The molecule has 0 saturated heterocycles. The number of unbranched alkanes of at least 4 members (excludes halogenated alkanes) is 3. The second kappa shape index (κ2) is 24.7. The Morgan fingerprint density at radius 3 is 1.88 bits per heavy atom. The first kappa shape index (κ1) is 43.8. The molecule has 3 atom stereocenters. The Balaban J connectivity index is 0.000000432. The van der Waals surface area contributed by atoms with Gasteiger partial charge in [0.05, 0.1) is 34.3 Å². The number of carbonyl (C=O) groups is 1. The van der Waals surface area contributed by atoms with Crippen molar-refractivity contribution in [1.29, 1.82) is 10.5 Å². The Hall–Kier alpha value is -4.41. The minimum atomic E-state index is 0.0520. The normalized spacial score (nSPS) is 12.6. The van der Waals surface area contributed by atoms with E-state index < -0.39 is 0 Å². The summed E-state index contributed by atoms with van der Waals surface area (Å²) in [5.41, 5.74) is 16.2. The number of anilines is 4. The maximum atomic E-state index is 13.0. The van der Waals surface area contributed by atoms with Crippen molar-refractivity contribution in [3.05, 3.63) is 59.7 Å². The predicted octanol–water partition coefficient (Wildman–Crippen LogP) is 12.2. The van der Waals surface area contributed by atoms with E-state index in [-0.39, 0.29) is 11.8 Å². The number of amides is 1. The lowest BCUT2D eigenvalue weighted by Gasteiger charge is -2.33. The minimum absolute atomic E-state index is 0.0520. The molecular weight excluding hydrogens is 665 g/mol. The SMILES string of the molecule is CCCCC(CC)CN(CC(CC)CCCC)c1ccc(N)c(NC(=O)C(CC)CCCC)c1.N#Cc1ccc(N=Nc2cc(C#N)c(N)s2)cc1. The molecule has 0 saturated carbocycles. The fraction of sp³-hybridized carbons (Fsp3) is 0.548. The van der Waals surface area contributed by atoms with Gasteiger partial charge in [-0.05, 0) is 86.1 Å². The van der Waals surface area contributed by atoms with Crippen molar-refractivity contribution in [3.8, 4) is 12.1 Å². The molecule has 3 rings (SSSR count). The first-order chi connectivity index (χ1) is 25.2. The van der Waals surface area contributed by atoms with E-state index >= 15 is 0 Å². The van der Waals surface area contributed by atoms with Gasteiger partial charge in [0.2, 0.25) is 5.91 Å². The van der Waals surface area contributed by atoms with Crippen LogP contribution in [0.4, 0.5) is 32.8 Å². The van der Waals surface area contributed by atoms with E-state index in [2.05, 4.69) is 74.1 Å². The van der Waals surface area contributed by atoms with Gasteiger partial charge < -0.3 is 21.7 Å². The monoisotopic (exact) mass is 726 g/mol. The van der Waals surface area contributed by atoms with Crippen LogP contribution in [0.2, 0.25) is 0 Å². The highest BCUT2D eigenvalue weighted by Crippen LogP contribution is 2.33. The van der Waals surface area contributed by atoms with Crippen LogP contribution < -0.4 is 21.7 Å². The number of nitrogen functional groups attached to an aromatic ring is 2. The van der Waals surface area contributed by atoms with Gasteiger partial charge in [0.1, 0.15) is 16.1 Å². The summed E-state index contributed by atoms with van der Waals surface area (Å²) in [6.45, 7) is 15.6. The van der Waals surface area contributed by atoms with Crippen molar-refractivity contribution in [3.63, 3.8) is 0 Å². The van der Waals surface area contributed by atoms with Crippen LogP contribution in [0.5, 0.6) is 0 Å². The van der Waals surface area contributed by atoms with Crippen LogP contribution in [-0.4, -0.2) is 19.0 Å². The molecule has 0 spiro atoms. The zero-order valence-corrected chi connectivity index (χ0v) is 33.3. The molecule has 5 N–H and O–H groups in total. The number of nitrogens with two attached hydrogens (primary N) is 2. The second-order valence-corrected chi connectivity index (χ2v) is 14.6. The van der Waals surface area contributed by atoms with Crippen molar-refractivity contribution < 1.29 is 4.79 Å². The average Bonchev–Trinajstić information content (AvgIpc) is 3.54. The van der Waals surface area contributed by atoms with E-state index in [1.807, 2.05) is 18.2 Å². The molecule has 282 valence electrons. The van der Waals surface area contributed by atoms with Gasteiger partial charge in [0.25, 0.3) is 0 Å². The van der Waals surface area contributed by atoms with Crippen molar-refractivity contribution in [2.45, 2.75) is 119 Å². The topological polar surface area (TPSA) is 157 Å². The van der Waals surface area contributed by atoms with Crippen molar-refractivity contribution in [2.24, 2.45) is 28.0 Å². The van der Waals surface area contributed by atoms with Gasteiger partial charge in [-0.2, -0.15) is 10.5 Å². The van der Waals surface area contributed by atoms with Crippen LogP contribution in [-0.2, 0) is 4.79 Å². The van der Waals surface area contributed by atoms with Gasteiger partial charge in [-0.3, -0.25) is 4.79 Å². The zero-order valence-electron chi connectivity index (χ0n) is 32.5. The van der Waals surface area contributed by atoms with Gasteiger partial charge in [0, 0.05) is 24.7 Å². The van der Waals surface area contributed by atoms with E-state index in [1.165, 1.54) is 68.4 Å². The Labute approximate surface area is 317 Å². The largest absolute Gasteiger partial charge is 0.397 e. The molecule has 0 bridgehead atoms. The van der Waals surface area contributed by atoms with E-state index in [4.69, 9.17) is 22.0 Å². The third kappa shape index (κ3) is 15.1. The summed E-state index contributed by atoms with van der Waals surface area (Å²) in [6, 6.07) is 18.6. The molecule has 2 aromatic carbocycles. The maximum absolute atomic E-state index is 13.0. The number of carbonyl (C=O) groups excluding carboxylic acids is 1. The minimum Gasteiger partial charge on any atom is -0.397 e. The van der Waals surface area contributed by atoms with Gasteiger partial charge in [-0.25, -0.2) is 0 Å². The maximum Gasteiger partial charge on any atom is 0.227 e. The zero-order chi connectivity index (χ0) is 38.3. The van der Waals surface area contributed by atoms with Crippen LogP contribution in [0.15, 0.2) is 58.8 Å². The first-order valence-electron chi connectivity index (χ1n) is 19.3. The molecule has 0 fully saturated rings. The Bertz CT molecular complexity index is 1570. The molecule has 0 aliphatic rings. The van der Waals surface area contributed by atoms with Crippen molar-refractivity contribution in [2.75, 3.05) is 34.8 Å². The highest BCUT2D eigenvalue weighted by molar-refractivity contribution is 7.19. The summed E-state index contributed by atoms with van der Waals surface area (Å²) in [7, 11) is 0. The van der Waals surface area contributed by atoms with E-state index in [0.29, 0.717) is 44.3 Å². The average molecular weight is 727 g/mol. The van der Waals surface area contributed by atoms with Crippen molar-refractivity contribution in [1.82, 2.24) is 0 Å². The molecule has 1 heterocycles. The molecule has 3 aromatic rings. The van der Waals surface area contributed by atoms with Gasteiger partial charge in [-0.15, -0.1) is 10.2 Å². The second-order valence-electron chi connectivity index (χ2n) is 13.6. The molecular formula is C42H62N8OS. The standard InChI is InChI=1S/C30H55N3O.C12H7N5S/c1-7-13-16-24(10-4)22-33(23-25(11-5)17-14-8-2)27-19-20-28(31)29(21-27)32-30(34)26(12-6)18-15-9-3;13-6-8-1-3-10(4-2-8)16-17-11-5-9(7-14)12(15)18-11/h19-21,24-26H,7-18,22-23,31H2,1-6H3,(H,32,34);1-5H,15H2. The number of rotatable bonds is 21. The van der Waals surface area contributed by atoms with Crippen LogP contribution >= 0.6 is 11.3 Å². The Morgan fingerprint density at radius 1 is 0.788 bits per heavy atom.